The molecule has 21 heavy (non-hydrogen) atoms. The summed E-state index contributed by atoms with van der Waals surface area (Å²) < 4.78 is 2.07. The molecule has 2 aromatic heterocycles. The zero-order valence-electron chi connectivity index (χ0n) is 12.3. The van der Waals surface area contributed by atoms with Gasteiger partial charge in [-0.15, -0.1) is 0 Å². The van der Waals surface area contributed by atoms with E-state index in [1.165, 1.54) is 10.9 Å². The van der Waals surface area contributed by atoms with E-state index in [1.807, 2.05) is 31.7 Å². The third-order valence-electron chi connectivity index (χ3n) is 3.73. The van der Waals surface area contributed by atoms with Crippen molar-refractivity contribution in [1.82, 2.24) is 19.9 Å². The third-order valence-corrected chi connectivity index (χ3v) is 3.73. The maximum absolute atomic E-state index is 4.49. The van der Waals surface area contributed by atoms with E-state index >= 15 is 0 Å². The average molecular weight is 280 g/mol. The summed E-state index contributed by atoms with van der Waals surface area (Å²) in [6, 6.07) is 10.5. The molecule has 2 heterocycles. The molecule has 0 aliphatic heterocycles. The van der Waals surface area contributed by atoms with E-state index in [2.05, 4.69) is 44.1 Å². The number of aromatic nitrogens is 3. The van der Waals surface area contributed by atoms with E-state index in [9.17, 15) is 0 Å². The number of benzene rings is 1. The van der Waals surface area contributed by atoms with Crippen molar-refractivity contribution in [3.8, 4) is 0 Å². The van der Waals surface area contributed by atoms with Gasteiger partial charge in [-0.05, 0) is 24.6 Å². The van der Waals surface area contributed by atoms with Gasteiger partial charge in [0.2, 0.25) is 0 Å². The lowest BCUT2D eigenvalue weighted by Crippen LogP contribution is -2.21. The minimum atomic E-state index is 0.947. The molecule has 0 amide bonds. The lowest BCUT2D eigenvalue weighted by atomic mass is 10.1. The molecule has 1 N–H and O–H groups in total. The molecule has 1 aromatic carbocycles. The van der Waals surface area contributed by atoms with E-state index < -0.39 is 0 Å². The second kappa shape index (κ2) is 6.50. The standard InChI is InChI=1S/C17H20N4/c1-21-13-12-19-16(21)8-11-18-10-7-15-5-2-4-14-6-3-9-20-17(14)15/h2-6,9,12-13,18H,7-8,10-11H2,1H3. The van der Waals surface area contributed by atoms with Gasteiger partial charge in [-0.3, -0.25) is 4.98 Å². The van der Waals surface area contributed by atoms with Crippen LogP contribution in [0.25, 0.3) is 10.9 Å². The Bertz CT molecular complexity index is 712. The second-order valence-corrected chi connectivity index (χ2v) is 5.20. The quantitative estimate of drug-likeness (QED) is 0.705. The summed E-state index contributed by atoms with van der Waals surface area (Å²) in [5.74, 6) is 1.12. The van der Waals surface area contributed by atoms with Crippen molar-refractivity contribution >= 4 is 10.9 Å². The number of para-hydroxylation sites is 1. The van der Waals surface area contributed by atoms with Gasteiger partial charge in [-0.25, -0.2) is 4.98 Å². The largest absolute Gasteiger partial charge is 0.338 e. The number of nitrogens with zero attached hydrogens (tertiary/aromatic N) is 3. The Kier molecular flexibility index (Phi) is 4.26. The van der Waals surface area contributed by atoms with Crippen molar-refractivity contribution in [2.45, 2.75) is 12.8 Å². The van der Waals surface area contributed by atoms with E-state index in [1.54, 1.807) is 0 Å². The number of hydrogen-bond donors (Lipinski definition) is 1. The monoisotopic (exact) mass is 280 g/mol. The molecule has 4 nitrogen and oxygen atoms in total. The zero-order chi connectivity index (χ0) is 14.5. The molecule has 0 unspecified atom stereocenters. The van der Waals surface area contributed by atoms with Crippen molar-refractivity contribution in [2.24, 2.45) is 7.05 Å². The zero-order valence-corrected chi connectivity index (χ0v) is 12.3. The lowest BCUT2D eigenvalue weighted by molar-refractivity contribution is 0.653. The molecule has 0 spiro atoms. The van der Waals surface area contributed by atoms with Crippen molar-refractivity contribution in [3.63, 3.8) is 0 Å². The van der Waals surface area contributed by atoms with Crippen molar-refractivity contribution in [2.75, 3.05) is 13.1 Å². The number of fused-ring (bicyclic) bond motifs is 1. The first-order chi connectivity index (χ1) is 10.3. The number of aryl methyl sites for hydroxylation is 1. The summed E-state index contributed by atoms with van der Waals surface area (Å²) in [5, 5.41) is 4.69. The van der Waals surface area contributed by atoms with Crippen LogP contribution in [-0.2, 0) is 19.9 Å². The summed E-state index contributed by atoms with van der Waals surface area (Å²) in [4.78, 5) is 8.82. The third kappa shape index (κ3) is 3.28. The van der Waals surface area contributed by atoms with Crippen LogP contribution in [0.3, 0.4) is 0 Å². The molecular weight excluding hydrogens is 260 g/mol. The molecule has 0 fully saturated rings. The number of nitrogens with one attached hydrogen (secondary N) is 1. The molecule has 0 atom stereocenters. The van der Waals surface area contributed by atoms with Crippen LogP contribution < -0.4 is 5.32 Å². The van der Waals surface area contributed by atoms with Crippen molar-refractivity contribution in [1.29, 1.82) is 0 Å². The summed E-state index contributed by atoms with van der Waals surface area (Å²) in [5.41, 5.74) is 2.42. The molecule has 4 heteroatoms. The van der Waals surface area contributed by atoms with Crippen molar-refractivity contribution < 1.29 is 0 Å². The van der Waals surface area contributed by atoms with Crippen LogP contribution in [0.4, 0.5) is 0 Å². The fourth-order valence-corrected chi connectivity index (χ4v) is 2.55. The topological polar surface area (TPSA) is 42.7 Å². The van der Waals surface area contributed by atoms with Crippen LogP contribution >= 0.6 is 0 Å². The molecule has 0 aliphatic carbocycles. The molecule has 3 rings (SSSR count). The molecule has 0 radical (unpaired) electrons. The molecule has 0 bridgehead atoms. The number of hydrogen-bond acceptors (Lipinski definition) is 3. The highest BCUT2D eigenvalue weighted by Gasteiger charge is 2.02. The first-order valence-corrected chi connectivity index (χ1v) is 7.34. The van der Waals surface area contributed by atoms with Crippen LogP contribution in [0.15, 0.2) is 48.9 Å². The highest BCUT2D eigenvalue weighted by molar-refractivity contribution is 5.81. The van der Waals surface area contributed by atoms with Gasteiger partial charge < -0.3 is 9.88 Å². The summed E-state index contributed by atoms with van der Waals surface area (Å²) in [6.45, 7) is 1.91. The lowest BCUT2D eigenvalue weighted by Gasteiger charge is -2.07. The SMILES string of the molecule is Cn1ccnc1CCNCCc1cccc2cccnc12. The molecule has 108 valence electrons. The Balaban J connectivity index is 1.52. The minimum Gasteiger partial charge on any atom is -0.338 e. The average Bonchev–Trinajstić information content (AvgIpc) is 2.92. The van der Waals surface area contributed by atoms with Gasteiger partial charge in [0.25, 0.3) is 0 Å². The molecule has 0 saturated carbocycles. The predicted molar refractivity (Wildman–Crippen MR) is 85.2 cm³/mol. The molecule has 0 aliphatic rings. The molecular formula is C17H20N4. The highest BCUT2D eigenvalue weighted by Crippen LogP contribution is 2.15. The highest BCUT2D eigenvalue weighted by atomic mass is 15.0. The number of pyridine rings is 1. The summed E-state index contributed by atoms with van der Waals surface area (Å²) in [6.07, 6.45) is 7.64. The first-order valence-electron chi connectivity index (χ1n) is 7.34. The van der Waals surface area contributed by atoms with Crippen LogP contribution in [0, 0.1) is 0 Å². The second-order valence-electron chi connectivity index (χ2n) is 5.20. The smallest absolute Gasteiger partial charge is 0.109 e. The van der Waals surface area contributed by atoms with Crippen LogP contribution in [0.2, 0.25) is 0 Å². The Hall–Kier alpha value is -2.20. The van der Waals surface area contributed by atoms with Crippen molar-refractivity contribution in [3.05, 3.63) is 60.3 Å². The fraction of sp³-hybridized carbons (Fsp3) is 0.294. The number of rotatable bonds is 6. The van der Waals surface area contributed by atoms with Gasteiger partial charge in [0.05, 0.1) is 5.52 Å². The molecule has 3 aromatic rings. The number of imidazole rings is 1. The van der Waals surface area contributed by atoms with Crippen LogP contribution in [-0.4, -0.2) is 27.6 Å². The first kappa shape index (κ1) is 13.8. The maximum Gasteiger partial charge on any atom is 0.109 e. The maximum atomic E-state index is 4.49. The van der Waals surface area contributed by atoms with Crippen LogP contribution in [0.5, 0.6) is 0 Å². The van der Waals surface area contributed by atoms with Gasteiger partial charge in [-0.2, -0.15) is 0 Å². The van der Waals surface area contributed by atoms with E-state index in [0.29, 0.717) is 0 Å². The Morgan fingerprint density at radius 2 is 1.86 bits per heavy atom. The van der Waals surface area contributed by atoms with E-state index in [4.69, 9.17) is 0 Å². The predicted octanol–water partition coefficient (Wildman–Crippen LogP) is 2.34. The minimum absolute atomic E-state index is 0.947. The summed E-state index contributed by atoms with van der Waals surface area (Å²) in [7, 11) is 2.03. The summed E-state index contributed by atoms with van der Waals surface area (Å²) >= 11 is 0. The van der Waals surface area contributed by atoms with Gasteiger partial charge in [0.15, 0.2) is 0 Å². The van der Waals surface area contributed by atoms with Gasteiger partial charge in [-0.1, -0.05) is 24.3 Å². The van der Waals surface area contributed by atoms with Crippen LogP contribution in [0.1, 0.15) is 11.4 Å². The normalized spacial score (nSPS) is 11.1. The van der Waals surface area contributed by atoms with E-state index in [-0.39, 0.29) is 0 Å². The Morgan fingerprint density at radius 3 is 2.71 bits per heavy atom. The molecule has 0 saturated heterocycles. The van der Waals surface area contributed by atoms with Gasteiger partial charge >= 0.3 is 0 Å². The van der Waals surface area contributed by atoms with Gasteiger partial charge in [0.1, 0.15) is 5.82 Å². The fourth-order valence-electron chi connectivity index (χ4n) is 2.55. The Labute approximate surface area is 124 Å². The van der Waals surface area contributed by atoms with Gasteiger partial charge in [0, 0.05) is 44.0 Å². The van der Waals surface area contributed by atoms with E-state index in [0.717, 1.165) is 37.3 Å². The Morgan fingerprint density at radius 1 is 1.00 bits per heavy atom.